The number of benzene rings is 2. The number of anilines is 2. The van der Waals surface area contributed by atoms with E-state index in [0.717, 1.165) is 73.2 Å². The summed E-state index contributed by atoms with van der Waals surface area (Å²) in [5.41, 5.74) is 5.63. The van der Waals surface area contributed by atoms with Gasteiger partial charge in [-0.05, 0) is 61.6 Å². The Morgan fingerprint density at radius 3 is 2.79 bits per heavy atom. The van der Waals surface area contributed by atoms with Gasteiger partial charge in [0.2, 0.25) is 5.88 Å². The number of pyridine rings is 1. The molecule has 1 N–H and O–H groups in total. The van der Waals surface area contributed by atoms with E-state index in [9.17, 15) is 9.65 Å². The predicted molar refractivity (Wildman–Crippen MR) is 166 cm³/mol. The van der Waals surface area contributed by atoms with Crippen LogP contribution in [0.1, 0.15) is 68.2 Å². The Kier molecular flexibility index (Phi) is 7.44. The molecular weight excluding hydrogens is 525 g/mol. The van der Waals surface area contributed by atoms with Gasteiger partial charge in [-0.2, -0.15) is 5.26 Å². The fourth-order valence-corrected chi connectivity index (χ4v) is 7.76. The molecule has 0 spiro atoms. The molecule has 6 nitrogen and oxygen atoms in total. The van der Waals surface area contributed by atoms with E-state index in [-0.39, 0.29) is 11.9 Å². The lowest BCUT2D eigenvalue weighted by Gasteiger charge is -2.38. The van der Waals surface area contributed by atoms with Crippen LogP contribution in [0, 0.1) is 35.4 Å². The fraction of sp³-hybridized carbons (Fsp3) is 0.543. The Balaban J connectivity index is 1.20. The molecular formula is C35H42FN5O. The third-order valence-electron chi connectivity index (χ3n) is 10.3. The van der Waals surface area contributed by atoms with Crippen molar-refractivity contribution < 1.29 is 9.13 Å². The minimum absolute atomic E-state index is 0.159. The van der Waals surface area contributed by atoms with Crippen molar-refractivity contribution in [1.82, 2.24) is 10.3 Å². The molecule has 0 radical (unpaired) electrons. The van der Waals surface area contributed by atoms with Crippen molar-refractivity contribution in [3.8, 4) is 11.9 Å². The van der Waals surface area contributed by atoms with Gasteiger partial charge in [-0.25, -0.2) is 9.37 Å². The number of hydrogen-bond acceptors (Lipinski definition) is 6. The molecule has 3 aromatic rings. The SMILES string of the molecule is Cc1c(F)ccc2cccc(N3CCc4c(N5CCN[C@@H](CC#N)C5)cc(OCC5(CC6CCCC6)CC5)nc4C3)c12. The average molecular weight is 568 g/mol. The first-order valence-corrected chi connectivity index (χ1v) is 16.0. The molecule has 7 heteroatoms. The van der Waals surface area contributed by atoms with E-state index in [0.29, 0.717) is 23.9 Å². The third-order valence-corrected chi connectivity index (χ3v) is 10.3. The number of nitrogens with one attached hydrogen (secondary N) is 1. The summed E-state index contributed by atoms with van der Waals surface area (Å²) in [5, 5.41) is 14.9. The first kappa shape index (κ1) is 27.5. The largest absolute Gasteiger partial charge is 0.477 e. The lowest BCUT2D eigenvalue weighted by Crippen LogP contribution is -2.51. The van der Waals surface area contributed by atoms with Crippen molar-refractivity contribution in [1.29, 1.82) is 5.26 Å². The van der Waals surface area contributed by atoms with E-state index < -0.39 is 0 Å². The van der Waals surface area contributed by atoms with Crippen LogP contribution in [0.5, 0.6) is 5.88 Å². The number of halogens is 1. The van der Waals surface area contributed by atoms with Crippen LogP contribution in [-0.4, -0.2) is 43.8 Å². The van der Waals surface area contributed by atoms with Crippen LogP contribution in [-0.2, 0) is 13.0 Å². The van der Waals surface area contributed by atoms with Crippen LogP contribution < -0.4 is 19.9 Å². The normalized spacial score (nSPS) is 21.8. The first-order valence-electron chi connectivity index (χ1n) is 16.0. The lowest BCUT2D eigenvalue weighted by molar-refractivity contribution is 0.197. The zero-order valence-corrected chi connectivity index (χ0v) is 24.8. The van der Waals surface area contributed by atoms with Crippen molar-refractivity contribution in [3.05, 3.63) is 59.0 Å². The standard InChI is InChI=1S/C35H42FN5O/c1-24-29(36)10-9-26-7-4-8-31(34(24)26)40-17-12-28-30(22-40)39-33(19-32(28)41-18-16-38-27(21-41)11-15-37)42-23-35(13-14-35)20-25-5-2-3-6-25/h4,7-10,19,25,27,38H,2-3,5-6,11-14,16-18,20-23H2,1H3/t27-/m0/s1. The zero-order valence-electron chi connectivity index (χ0n) is 24.8. The number of nitriles is 1. The fourth-order valence-electron chi connectivity index (χ4n) is 7.76. The van der Waals surface area contributed by atoms with Gasteiger partial charge in [-0.15, -0.1) is 0 Å². The van der Waals surface area contributed by atoms with E-state index in [1.807, 2.05) is 13.0 Å². The number of piperazine rings is 1. The summed E-state index contributed by atoms with van der Waals surface area (Å²) in [7, 11) is 0. The van der Waals surface area contributed by atoms with E-state index in [1.165, 1.54) is 56.2 Å². The molecule has 0 amide bonds. The topological polar surface area (TPSA) is 64.4 Å². The maximum absolute atomic E-state index is 14.7. The van der Waals surface area contributed by atoms with E-state index in [4.69, 9.17) is 9.72 Å². The van der Waals surface area contributed by atoms with Crippen LogP contribution in [0.15, 0.2) is 36.4 Å². The van der Waals surface area contributed by atoms with Crippen molar-refractivity contribution in [2.75, 3.05) is 42.6 Å². The number of hydrogen-bond donors (Lipinski definition) is 1. The number of aryl methyl sites for hydroxylation is 1. The first-order chi connectivity index (χ1) is 20.5. The van der Waals surface area contributed by atoms with Crippen LogP contribution in [0.2, 0.25) is 0 Å². The predicted octanol–water partition coefficient (Wildman–Crippen LogP) is 6.68. The summed E-state index contributed by atoms with van der Waals surface area (Å²) < 4.78 is 21.3. The second-order valence-electron chi connectivity index (χ2n) is 13.2. The summed E-state index contributed by atoms with van der Waals surface area (Å²) in [5.74, 6) is 1.42. The molecule has 2 aliphatic heterocycles. The maximum atomic E-state index is 14.7. The highest BCUT2D eigenvalue weighted by molar-refractivity contribution is 5.97. The smallest absolute Gasteiger partial charge is 0.215 e. The van der Waals surface area contributed by atoms with Gasteiger partial charge >= 0.3 is 0 Å². The number of aromatic nitrogens is 1. The number of nitrogens with zero attached hydrogens (tertiary/aromatic N) is 4. The van der Waals surface area contributed by atoms with Gasteiger partial charge in [0.25, 0.3) is 0 Å². The zero-order chi connectivity index (χ0) is 28.7. The summed E-state index contributed by atoms with van der Waals surface area (Å²) in [6.07, 6.45) is 10.7. The van der Waals surface area contributed by atoms with Crippen LogP contribution in [0.25, 0.3) is 10.8 Å². The van der Waals surface area contributed by atoms with Gasteiger partial charge in [0.1, 0.15) is 5.82 Å². The third kappa shape index (κ3) is 5.42. The van der Waals surface area contributed by atoms with Gasteiger partial charge in [0.05, 0.1) is 31.3 Å². The summed E-state index contributed by atoms with van der Waals surface area (Å²) in [6.45, 7) is 6.69. The van der Waals surface area contributed by atoms with E-state index in [1.54, 1.807) is 6.07 Å². The number of rotatable bonds is 8. The molecule has 1 atom stereocenters. The highest BCUT2D eigenvalue weighted by atomic mass is 19.1. The highest BCUT2D eigenvalue weighted by Crippen LogP contribution is 2.53. The average Bonchev–Trinajstić information content (AvgIpc) is 3.58. The number of fused-ring (bicyclic) bond motifs is 2. The molecule has 1 saturated heterocycles. The minimum atomic E-state index is -0.166. The molecule has 220 valence electrons. The summed E-state index contributed by atoms with van der Waals surface area (Å²) in [6, 6.07) is 14.4. The Labute approximate surface area is 248 Å². The van der Waals surface area contributed by atoms with Gasteiger partial charge in [0.15, 0.2) is 0 Å². The lowest BCUT2D eigenvalue weighted by atomic mass is 9.91. The van der Waals surface area contributed by atoms with Crippen molar-refractivity contribution >= 4 is 22.1 Å². The molecule has 2 aromatic carbocycles. The molecule has 3 fully saturated rings. The second kappa shape index (κ2) is 11.4. The molecule has 42 heavy (non-hydrogen) atoms. The molecule has 2 saturated carbocycles. The molecule has 7 rings (SSSR count). The molecule has 4 aliphatic rings. The summed E-state index contributed by atoms with van der Waals surface area (Å²) in [4.78, 5) is 9.94. The van der Waals surface area contributed by atoms with Gasteiger partial charge in [-0.3, -0.25) is 0 Å². The Morgan fingerprint density at radius 2 is 1.98 bits per heavy atom. The Morgan fingerprint density at radius 1 is 1.12 bits per heavy atom. The van der Waals surface area contributed by atoms with Crippen LogP contribution in [0.4, 0.5) is 15.8 Å². The van der Waals surface area contributed by atoms with Crippen molar-refractivity contribution in [2.24, 2.45) is 11.3 Å². The van der Waals surface area contributed by atoms with E-state index in [2.05, 4.69) is 45.5 Å². The maximum Gasteiger partial charge on any atom is 0.215 e. The second-order valence-corrected chi connectivity index (χ2v) is 13.2. The van der Waals surface area contributed by atoms with Gasteiger partial charge in [0, 0.05) is 66.0 Å². The quantitative estimate of drug-likeness (QED) is 0.328. The number of ether oxygens (including phenoxy) is 1. The molecule has 3 heterocycles. The van der Waals surface area contributed by atoms with Gasteiger partial charge < -0.3 is 19.9 Å². The van der Waals surface area contributed by atoms with Crippen molar-refractivity contribution in [2.45, 2.75) is 77.3 Å². The Bertz CT molecular complexity index is 1510. The highest BCUT2D eigenvalue weighted by Gasteiger charge is 2.45. The van der Waals surface area contributed by atoms with Gasteiger partial charge in [-0.1, -0.05) is 43.9 Å². The van der Waals surface area contributed by atoms with Crippen LogP contribution >= 0.6 is 0 Å². The Hall–Kier alpha value is -3.37. The molecule has 0 bridgehead atoms. The molecule has 2 aliphatic carbocycles. The molecule has 1 aromatic heterocycles. The van der Waals surface area contributed by atoms with Crippen LogP contribution in [0.3, 0.4) is 0 Å². The van der Waals surface area contributed by atoms with Crippen molar-refractivity contribution in [3.63, 3.8) is 0 Å². The van der Waals surface area contributed by atoms with E-state index >= 15 is 0 Å². The summed E-state index contributed by atoms with van der Waals surface area (Å²) >= 11 is 0. The monoisotopic (exact) mass is 567 g/mol. The molecule has 0 unspecified atom stereocenters. The minimum Gasteiger partial charge on any atom is -0.477 e.